The fourth-order valence-corrected chi connectivity index (χ4v) is 3.47. The van der Waals surface area contributed by atoms with E-state index in [-0.39, 0.29) is 29.7 Å². The van der Waals surface area contributed by atoms with Crippen molar-refractivity contribution in [3.63, 3.8) is 0 Å². The van der Waals surface area contributed by atoms with Gasteiger partial charge in [0.25, 0.3) is 5.91 Å². The molecular formula is C22H29ClN4O3. The van der Waals surface area contributed by atoms with Crippen LogP contribution in [0.1, 0.15) is 54.1 Å². The van der Waals surface area contributed by atoms with Crippen molar-refractivity contribution in [2.24, 2.45) is 17.1 Å². The monoisotopic (exact) mass is 432 g/mol. The van der Waals surface area contributed by atoms with Crippen molar-refractivity contribution in [2.75, 3.05) is 18.4 Å². The summed E-state index contributed by atoms with van der Waals surface area (Å²) in [5.41, 5.74) is 8.06. The number of benzene rings is 1. The fraction of sp³-hybridized carbons (Fsp3) is 0.500. The van der Waals surface area contributed by atoms with Crippen molar-refractivity contribution in [3.8, 4) is 0 Å². The first-order valence-corrected chi connectivity index (χ1v) is 10.5. The lowest BCUT2D eigenvalue weighted by Crippen LogP contribution is -2.42. The number of anilines is 1. The molecule has 0 spiro atoms. The van der Waals surface area contributed by atoms with Gasteiger partial charge in [-0.05, 0) is 62.4 Å². The summed E-state index contributed by atoms with van der Waals surface area (Å²) in [4.78, 5) is 27.2. The quantitative estimate of drug-likeness (QED) is 0.658. The molecule has 2 aromatic rings. The third-order valence-electron chi connectivity index (χ3n) is 5.33. The van der Waals surface area contributed by atoms with Crippen LogP contribution in [0.25, 0.3) is 0 Å². The number of rotatable bonds is 8. The highest BCUT2D eigenvalue weighted by Gasteiger charge is 2.31. The third-order valence-corrected chi connectivity index (χ3v) is 5.70. The van der Waals surface area contributed by atoms with Crippen molar-refractivity contribution in [1.29, 1.82) is 0 Å². The molecule has 0 bridgehead atoms. The summed E-state index contributed by atoms with van der Waals surface area (Å²) in [5.74, 6) is 0.421. The minimum absolute atomic E-state index is 0.0243. The molecule has 0 radical (unpaired) electrons. The number of hydrogen-bond donors (Lipinski definition) is 2. The number of aromatic nitrogens is 1. The summed E-state index contributed by atoms with van der Waals surface area (Å²) in [5, 5.41) is 7.37. The van der Waals surface area contributed by atoms with E-state index >= 15 is 0 Å². The molecule has 0 unspecified atom stereocenters. The molecule has 7 nitrogen and oxygen atoms in total. The summed E-state index contributed by atoms with van der Waals surface area (Å²) in [6.45, 7) is 8.61. The number of hydrogen-bond acceptors (Lipinski definition) is 5. The second-order valence-corrected chi connectivity index (χ2v) is 9.21. The van der Waals surface area contributed by atoms with Crippen LogP contribution in [-0.2, 0) is 11.3 Å². The predicted octanol–water partition coefficient (Wildman–Crippen LogP) is 3.92. The van der Waals surface area contributed by atoms with Crippen LogP contribution >= 0.6 is 11.6 Å². The Balaban J connectivity index is 1.88. The molecule has 2 amide bonds. The number of nitrogens with one attached hydrogen (secondary N) is 1. The molecule has 1 aromatic heterocycles. The van der Waals surface area contributed by atoms with E-state index in [2.05, 4.69) is 10.5 Å². The smallest absolute Gasteiger partial charge is 0.259 e. The summed E-state index contributed by atoms with van der Waals surface area (Å²) in [6.07, 6.45) is 1.86. The van der Waals surface area contributed by atoms with E-state index in [1.54, 1.807) is 30.9 Å². The largest absolute Gasteiger partial charge is 0.361 e. The molecular weight excluding hydrogens is 404 g/mol. The van der Waals surface area contributed by atoms with E-state index in [9.17, 15) is 9.59 Å². The van der Waals surface area contributed by atoms with E-state index in [1.165, 1.54) is 0 Å². The van der Waals surface area contributed by atoms with Crippen LogP contribution in [0.3, 0.4) is 0 Å². The van der Waals surface area contributed by atoms with Crippen LogP contribution in [0.2, 0.25) is 5.02 Å². The summed E-state index contributed by atoms with van der Waals surface area (Å²) in [7, 11) is 0. The Kier molecular flexibility index (Phi) is 6.53. The van der Waals surface area contributed by atoms with Gasteiger partial charge in [0.2, 0.25) is 5.91 Å². The van der Waals surface area contributed by atoms with Gasteiger partial charge in [-0.15, -0.1) is 0 Å². The highest BCUT2D eigenvalue weighted by Crippen LogP contribution is 2.31. The van der Waals surface area contributed by atoms with Gasteiger partial charge in [-0.25, -0.2) is 0 Å². The second kappa shape index (κ2) is 8.78. The topological polar surface area (TPSA) is 101 Å². The minimum atomic E-state index is -0.293. The first kappa shape index (κ1) is 22.3. The Morgan fingerprint density at radius 2 is 2.03 bits per heavy atom. The molecule has 3 rings (SSSR count). The zero-order valence-electron chi connectivity index (χ0n) is 17.9. The lowest BCUT2D eigenvalue weighted by Gasteiger charge is -2.32. The van der Waals surface area contributed by atoms with Gasteiger partial charge in [0.15, 0.2) is 0 Å². The van der Waals surface area contributed by atoms with Crippen LogP contribution in [0.4, 0.5) is 5.69 Å². The molecule has 0 atom stereocenters. The molecule has 0 saturated heterocycles. The maximum absolute atomic E-state index is 13.4. The summed E-state index contributed by atoms with van der Waals surface area (Å²) in [6, 6.07) is 5.34. The van der Waals surface area contributed by atoms with Crippen molar-refractivity contribution in [3.05, 3.63) is 45.8 Å². The average Bonchev–Trinajstić information content (AvgIpc) is 3.48. The van der Waals surface area contributed by atoms with Gasteiger partial charge < -0.3 is 20.5 Å². The molecule has 1 heterocycles. The number of aryl methyl sites for hydroxylation is 2. The van der Waals surface area contributed by atoms with E-state index in [0.29, 0.717) is 40.8 Å². The first-order valence-electron chi connectivity index (χ1n) is 10.1. The standard InChI is InChI=1S/C22H29ClN4O3/c1-13-19(14(2)30-26-13)21(29)27(12-22(3,4)11-24)10-16-9-17(7-8-18(16)23)25-20(28)15-5-6-15/h7-9,15H,5-6,10-12,24H2,1-4H3,(H,25,28). The van der Waals surface area contributed by atoms with Gasteiger partial charge in [0.1, 0.15) is 11.3 Å². The fourth-order valence-electron chi connectivity index (χ4n) is 3.30. The third kappa shape index (κ3) is 5.21. The van der Waals surface area contributed by atoms with Gasteiger partial charge in [0, 0.05) is 29.7 Å². The van der Waals surface area contributed by atoms with E-state index in [1.807, 2.05) is 19.9 Å². The molecule has 3 N–H and O–H groups in total. The minimum Gasteiger partial charge on any atom is -0.361 e. The molecule has 1 fully saturated rings. The van der Waals surface area contributed by atoms with Gasteiger partial charge in [-0.1, -0.05) is 30.6 Å². The molecule has 1 aromatic carbocycles. The van der Waals surface area contributed by atoms with E-state index in [4.69, 9.17) is 21.9 Å². The first-order chi connectivity index (χ1) is 14.1. The Labute approximate surface area is 181 Å². The maximum Gasteiger partial charge on any atom is 0.259 e. The van der Waals surface area contributed by atoms with Gasteiger partial charge in [-0.2, -0.15) is 0 Å². The van der Waals surface area contributed by atoms with E-state index in [0.717, 1.165) is 18.4 Å². The highest BCUT2D eigenvalue weighted by atomic mass is 35.5. The molecule has 30 heavy (non-hydrogen) atoms. The Bertz CT molecular complexity index is 930. The maximum atomic E-state index is 13.4. The predicted molar refractivity (Wildman–Crippen MR) is 116 cm³/mol. The van der Waals surface area contributed by atoms with Crippen molar-refractivity contribution < 1.29 is 14.1 Å². The molecule has 162 valence electrons. The zero-order valence-corrected chi connectivity index (χ0v) is 18.7. The SMILES string of the molecule is Cc1noc(C)c1C(=O)N(Cc1cc(NC(=O)C2CC2)ccc1Cl)CC(C)(C)CN. The Morgan fingerprint density at radius 3 is 2.60 bits per heavy atom. The second-order valence-electron chi connectivity index (χ2n) is 8.80. The number of carbonyl (C=O) groups is 2. The normalized spacial score (nSPS) is 13.9. The Hall–Kier alpha value is -2.38. The molecule has 1 saturated carbocycles. The van der Waals surface area contributed by atoms with Crippen molar-refractivity contribution >= 4 is 29.1 Å². The van der Waals surface area contributed by atoms with Crippen molar-refractivity contribution in [1.82, 2.24) is 10.1 Å². The number of nitrogens with zero attached hydrogens (tertiary/aromatic N) is 2. The lowest BCUT2D eigenvalue weighted by molar-refractivity contribution is -0.117. The zero-order chi connectivity index (χ0) is 22.1. The Morgan fingerprint density at radius 1 is 1.33 bits per heavy atom. The van der Waals surface area contributed by atoms with Gasteiger partial charge in [-0.3, -0.25) is 9.59 Å². The van der Waals surface area contributed by atoms with Gasteiger partial charge >= 0.3 is 0 Å². The summed E-state index contributed by atoms with van der Waals surface area (Å²) >= 11 is 6.44. The average molecular weight is 433 g/mol. The number of carbonyl (C=O) groups excluding carboxylic acids is 2. The van der Waals surface area contributed by atoms with Crippen LogP contribution in [0.15, 0.2) is 22.7 Å². The van der Waals surface area contributed by atoms with Crippen LogP contribution in [-0.4, -0.2) is 35.0 Å². The van der Waals surface area contributed by atoms with E-state index < -0.39 is 0 Å². The highest BCUT2D eigenvalue weighted by molar-refractivity contribution is 6.31. The van der Waals surface area contributed by atoms with Crippen LogP contribution in [0.5, 0.6) is 0 Å². The molecule has 1 aliphatic rings. The summed E-state index contributed by atoms with van der Waals surface area (Å²) < 4.78 is 5.19. The number of amides is 2. The molecule has 8 heteroatoms. The number of nitrogens with two attached hydrogens (primary N) is 1. The van der Waals surface area contributed by atoms with Crippen LogP contribution < -0.4 is 11.1 Å². The molecule has 1 aliphatic carbocycles. The number of halogens is 1. The van der Waals surface area contributed by atoms with Crippen LogP contribution in [0, 0.1) is 25.2 Å². The van der Waals surface area contributed by atoms with Crippen molar-refractivity contribution in [2.45, 2.75) is 47.1 Å². The lowest BCUT2D eigenvalue weighted by atomic mass is 9.92. The molecule has 0 aliphatic heterocycles. The van der Waals surface area contributed by atoms with Gasteiger partial charge in [0.05, 0.1) is 5.69 Å².